The third-order valence-corrected chi connectivity index (χ3v) is 3.60. The number of ketones is 1. The zero-order valence-corrected chi connectivity index (χ0v) is 13.3. The van der Waals surface area contributed by atoms with Crippen molar-refractivity contribution in [3.8, 4) is 5.75 Å². The number of aryl methyl sites for hydroxylation is 2. The summed E-state index contributed by atoms with van der Waals surface area (Å²) in [7, 11) is 0. The van der Waals surface area contributed by atoms with Gasteiger partial charge in [-0.15, -0.1) is 0 Å². The van der Waals surface area contributed by atoms with Crippen molar-refractivity contribution in [1.29, 1.82) is 0 Å². The van der Waals surface area contributed by atoms with Gasteiger partial charge in [-0.05, 0) is 38.1 Å². The number of ether oxygens (including phenoxy) is 1. The Hall–Kier alpha value is -3.21. The predicted octanol–water partition coefficient (Wildman–Crippen LogP) is 3.74. The Balaban J connectivity index is 1.76. The Morgan fingerprint density at radius 3 is 2.12 bits per heavy atom. The van der Waals surface area contributed by atoms with Gasteiger partial charge in [0, 0.05) is 11.1 Å². The van der Waals surface area contributed by atoms with Gasteiger partial charge < -0.3 is 9.26 Å². The van der Waals surface area contributed by atoms with E-state index in [0.717, 1.165) is 0 Å². The highest BCUT2D eigenvalue weighted by Gasteiger charge is 2.19. The highest BCUT2D eigenvalue weighted by molar-refractivity contribution is 6.09. The van der Waals surface area contributed by atoms with Crippen molar-refractivity contribution in [2.75, 3.05) is 0 Å². The summed E-state index contributed by atoms with van der Waals surface area (Å²) in [5.41, 5.74) is 1.93. The lowest BCUT2D eigenvalue weighted by Gasteiger charge is -2.05. The summed E-state index contributed by atoms with van der Waals surface area (Å²) < 4.78 is 10.3. The van der Waals surface area contributed by atoms with E-state index >= 15 is 0 Å². The normalized spacial score (nSPS) is 10.4. The summed E-state index contributed by atoms with van der Waals surface area (Å²) in [6.07, 6.45) is 0. The first-order valence-electron chi connectivity index (χ1n) is 7.41. The van der Waals surface area contributed by atoms with E-state index in [4.69, 9.17) is 9.26 Å². The molecule has 5 heteroatoms. The monoisotopic (exact) mass is 321 g/mol. The summed E-state index contributed by atoms with van der Waals surface area (Å²) in [4.78, 5) is 24.5. The molecule has 0 N–H and O–H groups in total. The molecule has 24 heavy (non-hydrogen) atoms. The van der Waals surface area contributed by atoms with E-state index in [-0.39, 0.29) is 5.78 Å². The SMILES string of the molecule is Cc1noc(C)c1C(=O)Oc1ccc(C(=O)c2ccccc2)cc1. The van der Waals surface area contributed by atoms with E-state index in [0.29, 0.717) is 33.9 Å². The Morgan fingerprint density at radius 2 is 1.54 bits per heavy atom. The van der Waals surface area contributed by atoms with Gasteiger partial charge in [-0.2, -0.15) is 0 Å². The Kier molecular flexibility index (Phi) is 4.24. The van der Waals surface area contributed by atoms with Crippen LogP contribution >= 0.6 is 0 Å². The third kappa shape index (κ3) is 3.10. The van der Waals surface area contributed by atoms with Crippen LogP contribution in [-0.2, 0) is 0 Å². The van der Waals surface area contributed by atoms with Crippen LogP contribution in [0.25, 0.3) is 0 Å². The summed E-state index contributed by atoms with van der Waals surface area (Å²) in [6.45, 7) is 3.33. The first kappa shape index (κ1) is 15.7. The van der Waals surface area contributed by atoms with Crippen LogP contribution in [-0.4, -0.2) is 16.9 Å². The molecule has 0 aliphatic rings. The number of benzene rings is 2. The molecule has 0 unspecified atom stereocenters. The zero-order valence-electron chi connectivity index (χ0n) is 13.3. The first-order valence-corrected chi connectivity index (χ1v) is 7.41. The van der Waals surface area contributed by atoms with Crippen molar-refractivity contribution in [3.63, 3.8) is 0 Å². The molecular weight excluding hydrogens is 306 g/mol. The van der Waals surface area contributed by atoms with Gasteiger partial charge in [0.05, 0.1) is 5.69 Å². The lowest BCUT2D eigenvalue weighted by atomic mass is 10.0. The molecule has 3 aromatic rings. The molecule has 0 atom stereocenters. The lowest BCUT2D eigenvalue weighted by molar-refractivity contribution is 0.0732. The van der Waals surface area contributed by atoms with Gasteiger partial charge in [0.1, 0.15) is 17.1 Å². The van der Waals surface area contributed by atoms with Crippen LogP contribution in [0.3, 0.4) is 0 Å². The Morgan fingerprint density at radius 1 is 0.917 bits per heavy atom. The minimum absolute atomic E-state index is 0.0841. The van der Waals surface area contributed by atoms with Crippen LogP contribution in [0, 0.1) is 13.8 Å². The van der Waals surface area contributed by atoms with Gasteiger partial charge in [-0.25, -0.2) is 4.79 Å². The van der Waals surface area contributed by atoms with Crippen molar-refractivity contribution in [3.05, 3.63) is 82.7 Å². The summed E-state index contributed by atoms with van der Waals surface area (Å²) in [6, 6.07) is 15.4. The number of esters is 1. The molecule has 0 saturated carbocycles. The van der Waals surface area contributed by atoms with Crippen molar-refractivity contribution in [2.24, 2.45) is 0 Å². The second-order valence-corrected chi connectivity index (χ2v) is 5.31. The van der Waals surface area contributed by atoms with E-state index in [1.165, 1.54) is 0 Å². The largest absolute Gasteiger partial charge is 0.423 e. The fourth-order valence-electron chi connectivity index (χ4n) is 2.36. The van der Waals surface area contributed by atoms with Crippen LogP contribution in [0.4, 0.5) is 0 Å². The number of nitrogens with zero attached hydrogens (tertiary/aromatic N) is 1. The van der Waals surface area contributed by atoms with Crippen LogP contribution in [0.1, 0.15) is 37.7 Å². The maximum absolute atomic E-state index is 12.3. The van der Waals surface area contributed by atoms with Crippen molar-refractivity contribution >= 4 is 11.8 Å². The number of aromatic nitrogens is 1. The van der Waals surface area contributed by atoms with E-state index in [9.17, 15) is 9.59 Å². The van der Waals surface area contributed by atoms with Crippen LogP contribution < -0.4 is 4.74 Å². The van der Waals surface area contributed by atoms with E-state index in [1.54, 1.807) is 50.2 Å². The molecule has 120 valence electrons. The first-order chi connectivity index (χ1) is 11.6. The number of hydrogen-bond acceptors (Lipinski definition) is 5. The number of rotatable bonds is 4. The van der Waals surface area contributed by atoms with Crippen LogP contribution in [0.5, 0.6) is 5.75 Å². The number of hydrogen-bond donors (Lipinski definition) is 0. The minimum atomic E-state index is -0.534. The molecule has 0 radical (unpaired) electrons. The van der Waals surface area contributed by atoms with Gasteiger partial charge in [0.25, 0.3) is 0 Å². The fraction of sp³-hybridized carbons (Fsp3) is 0.105. The highest BCUT2D eigenvalue weighted by Crippen LogP contribution is 2.19. The quantitative estimate of drug-likeness (QED) is 0.416. The molecule has 0 bridgehead atoms. The third-order valence-electron chi connectivity index (χ3n) is 3.60. The van der Waals surface area contributed by atoms with Gasteiger partial charge in [0.15, 0.2) is 5.78 Å². The average molecular weight is 321 g/mol. The van der Waals surface area contributed by atoms with Crippen molar-refractivity contribution in [2.45, 2.75) is 13.8 Å². The summed E-state index contributed by atoms with van der Waals surface area (Å²) in [5, 5.41) is 3.73. The van der Waals surface area contributed by atoms with Crippen LogP contribution in [0.2, 0.25) is 0 Å². The van der Waals surface area contributed by atoms with Crippen molar-refractivity contribution < 1.29 is 18.8 Å². The van der Waals surface area contributed by atoms with E-state index in [2.05, 4.69) is 5.16 Å². The maximum atomic E-state index is 12.3. The van der Waals surface area contributed by atoms with Gasteiger partial charge in [-0.3, -0.25) is 4.79 Å². The average Bonchev–Trinajstić information content (AvgIpc) is 2.94. The molecule has 1 aromatic heterocycles. The second-order valence-electron chi connectivity index (χ2n) is 5.31. The second kappa shape index (κ2) is 6.50. The smallest absolute Gasteiger partial charge is 0.349 e. The molecule has 1 heterocycles. The topological polar surface area (TPSA) is 69.4 Å². The van der Waals surface area contributed by atoms with Crippen LogP contribution in [0.15, 0.2) is 59.1 Å². The molecule has 0 amide bonds. The zero-order chi connectivity index (χ0) is 17.1. The molecule has 0 aliphatic heterocycles. The lowest BCUT2D eigenvalue weighted by Crippen LogP contribution is -2.10. The molecule has 0 saturated heterocycles. The fourth-order valence-corrected chi connectivity index (χ4v) is 2.36. The Labute approximate surface area is 138 Å². The van der Waals surface area contributed by atoms with Crippen molar-refractivity contribution in [1.82, 2.24) is 5.16 Å². The number of carbonyl (C=O) groups excluding carboxylic acids is 2. The van der Waals surface area contributed by atoms with E-state index < -0.39 is 5.97 Å². The number of carbonyl (C=O) groups is 2. The van der Waals surface area contributed by atoms with E-state index in [1.807, 2.05) is 18.2 Å². The molecule has 0 fully saturated rings. The van der Waals surface area contributed by atoms with Gasteiger partial charge >= 0.3 is 5.97 Å². The summed E-state index contributed by atoms with van der Waals surface area (Å²) in [5.74, 6) is 0.144. The molecule has 0 spiro atoms. The minimum Gasteiger partial charge on any atom is -0.423 e. The molecule has 0 aliphatic carbocycles. The van der Waals surface area contributed by atoms with Gasteiger partial charge in [-0.1, -0.05) is 35.5 Å². The predicted molar refractivity (Wildman–Crippen MR) is 87.3 cm³/mol. The summed E-state index contributed by atoms with van der Waals surface area (Å²) >= 11 is 0. The Bertz CT molecular complexity index is 860. The molecule has 5 nitrogen and oxygen atoms in total. The van der Waals surface area contributed by atoms with Gasteiger partial charge in [0.2, 0.25) is 0 Å². The molecule has 3 rings (SSSR count). The maximum Gasteiger partial charge on any atom is 0.349 e. The standard InChI is InChI=1S/C19H15NO4/c1-12-17(13(2)24-20-12)19(22)23-16-10-8-15(9-11-16)18(21)14-6-4-3-5-7-14/h3-11H,1-2H3. The molecule has 2 aromatic carbocycles. The molecular formula is C19H15NO4. The highest BCUT2D eigenvalue weighted by atomic mass is 16.5.